The largest absolute Gasteiger partial charge is 0.352 e. The maximum Gasteiger partial charge on any atom is 0.223 e. The third kappa shape index (κ3) is 5.75. The van der Waals surface area contributed by atoms with E-state index in [9.17, 15) is 4.79 Å². The van der Waals surface area contributed by atoms with Crippen LogP contribution in [-0.4, -0.2) is 33.4 Å². The summed E-state index contributed by atoms with van der Waals surface area (Å²) in [5, 5.41) is 3.87. The Balaban J connectivity index is 1.21. The molecule has 0 aliphatic carbocycles. The van der Waals surface area contributed by atoms with Crippen LogP contribution in [0.2, 0.25) is 5.02 Å². The van der Waals surface area contributed by atoms with E-state index in [1.54, 1.807) is 0 Å². The minimum Gasteiger partial charge on any atom is -0.352 e. The van der Waals surface area contributed by atoms with Crippen molar-refractivity contribution in [3.05, 3.63) is 100 Å². The van der Waals surface area contributed by atoms with Crippen LogP contribution in [0.15, 0.2) is 72.8 Å². The molecule has 1 N–H and O–H groups in total. The van der Waals surface area contributed by atoms with E-state index in [1.165, 1.54) is 11.1 Å². The van der Waals surface area contributed by atoms with Gasteiger partial charge in [-0.25, -0.2) is 4.98 Å². The van der Waals surface area contributed by atoms with Crippen molar-refractivity contribution in [2.75, 3.05) is 13.1 Å². The number of aromatic nitrogens is 2. The molecule has 0 saturated carbocycles. The van der Waals surface area contributed by atoms with Crippen molar-refractivity contribution in [2.24, 2.45) is 5.92 Å². The molecule has 5 rings (SSSR count). The molecule has 0 unspecified atom stereocenters. The molecule has 1 amide bonds. The summed E-state index contributed by atoms with van der Waals surface area (Å²) in [6.45, 7) is 5.99. The highest BCUT2D eigenvalue weighted by Gasteiger charge is 2.26. The van der Waals surface area contributed by atoms with Crippen LogP contribution in [0, 0.1) is 12.8 Å². The van der Waals surface area contributed by atoms with E-state index < -0.39 is 0 Å². The molecular weight excluding hydrogens is 456 g/mol. The molecule has 5 nitrogen and oxygen atoms in total. The third-order valence-corrected chi connectivity index (χ3v) is 7.15. The van der Waals surface area contributed by atoms with Gasteiger partial charge >= 0.3 is 0 Å². The van der Waals surface area contributed by atoms with Gasteiger partial charge in [0.15, 0.2) is 0 Å². The average molecular weight is 487 g/mol. The van der Waals surface area contributed by atoms with Crippen molar-refractivity contribution in [3.63, 3.8) is 0 Å². The summed E-state index contributed by atoms with van der Waals surface area (Å²) in [4.78, 5) is 20.1. The molecule has 3 aromatic carbocycles. The van der Waals surface area contributed by atoms with Gasteiger partial charge in [0.2, 0.25) is 5.91 Å². The van der Waals surface area contributed by atoms with Gasteiger partial charge in [0, 0.05) is 24.0 Å². The maximum absolute atomic E-state index is 12.7. The number of imidazole rings is 1. The minimum atomic E-state index is 0.0737. The molecule has 1 saturated heterocycles. The van der Waals surface area contributed by atoms with Gasteiger partial charge in [0.05, 0.1) is 17.6 Å². The van der Waals surface area contributed by atoms with Crippen molar-refractivity contribution in [3.8, 4) is 0 Å². The third-order valence-electron chi connectivity index (χ3n) is 6.90. The van der Waals surface area contributed by atoms with E-state index in [1.807, 2.05) is 18.2 Å². The predicted molar refractivity (Wildman–Crippen MR) is 141 cm³/mol. The lowest BCUT2D eigenvalue weighted by molar-refractivity contribution is -0.126. The number of hydrogen-bond donors (Lipinski definition) is 1. The second kappa shape index (κ2) is 10.6. The summed E-state index contributed by atoms with van der Waals surface area (Å²) in [6, 6.07) is 24.6. The molecule has 2 heterocycles. The molecule has 4 aromatic rings. The molecule has 1 fully saturated rings. The number of piperidine rings is 1. The van der Waals surface area contributed by atoms with E-state index in [-0.39, 0.29) is 11.8 Å². The fourth-order valence-electron chi connectivity index (χ4n) is 4.79. The van der Waals surface area contributed by atoms with Gasteiger partial charge in [-0.05, 0) is 68.2 Å². The molecule has 0 radical (unpaired) electrons. The van der Waals surface area contributed by atoms with E-state index in [2.05, 4.69) is 76.3 Å². The monoisotopic (exact) mass is 486 g/mol. The number of para-hydroxylation sites is 2. The smallest absolute Gasteiger partial charge is 0.223 e. The van der Waals surface area contributed by atoms with Crippen LogP contribution in [0.5, 0.6) is 0 Å². The van der Waals surface area contributed by atoms with Gasteiger partial charge in [0.25, 0.3) is 0 Å². The summed E-state index contributed by atoms with van der Waals surface area (Å²) in [7, 11) is 0. The fraction of sp³-hybridized carbons (Fsp3) is 0.310. The Kier molecular flexibility index (Phi) is 7.16. The van der Waals surface area contributed by atoms with Crippen molar-refractivity contribution >= 4 is 28.5 Å². The lowest BCUT2D eigenvalue weighted by Gasteiger charge is -2.31. The van der Waals surface area contributed by atoms with Gasteiger partial charge in [0.1, 0.15) is 5.82 Å². The topological polar surface area (TPSA) is 50.2 Å². The first-order valence-electron chi connectivity index (χ1n) is 12.3. The Morgan fingerprint density at radius 1 is 0.943 bits per heavy atom. The molecule has 0 bridgehead atoms. The number of aryl methyl sites for hydroxylation is 1. The van der Waals surface area contributed by atoms with Crippen molar-refractivity contribution in [2.45, 2.75) is 39.4 Å². The zero-order valence-electron chi connectivity index (χ0n) is 20.1. The van der Waals surface area contributed by atoms with E-state index in [0.29, 0.717) is 6.54 Å². The quantitative estimate of drug-likeness (QED) is 0.371. The van der Waals surface area contributed by atoms with Crippen molar-refractivity contribution in [1.29, 1.82) is 0 Å². The number of hydrogen-bond acceptors (Lipinski definition) is 3. The van der Waals surface area contributed by atoms with E-state index >= 15 is 0 Å². The first-order valence-corrected chi connectivity index (χ1v) is 12.7. The maximum atomic E-state index is 12.7. The van der Waals surface area contributed by atoms with E-state index in [0.717, 1.165) is 66.5 Å². The summed E-state index contributed by atoms with van der Waals surface area (Å²) in [5.41, 5.74) is 5.72. The second-order valence-corrected chi connectivity index (χ2v) is 9.92. The van der Waals surface area contributed by atoms with E-state index in [4.69, 9.17) is 16.6 Å². The Labute approximate surface area is 211 Å². The highest BCUT2D eigenvalue weighted by atomic mass is 35.5. The van der Waals surface area contributed by atoms with Crippen LogP contribution in [0.3, 0.4) is 0 Å². The molecular formula is C29H31ClN4O. The number of nitrogens with zero attached hydrogens (tertiary/aromatic N) is 3. The van der Waals surface area contributed by atoms with Gasteiger partial charge in [-0.15, -0.1) is 0 Å². The molecule has 180 valence electrons. The molecule has 1 aliphatic heterocycles. The molecule has 1 aliphatic rings. The second-order valence-electron chi connectivity index (χ2n) is 9.48. The zero-order valence-corrected chi connectivity index (χ0v) is 20.8. The highest BCUT2D eigenvalue weighted by molar-refractivity contribution is 6.30. The SMILES string of the molecule is Cc1ccc(CNC(=O)C2CCN(Cc3nc4ccccc4n3Cc3ccc(Cl)cc3)CC2)cc1. The number of fused-ring (bicyclic) bond motifs is 1. The molecule has 0 spiro atoms. The molecule has 1 aromatic heterocycles. The van der Waals surface area contributed by atoms with Gasteiger partial charge in [-0.1, -0.05) is 65.7 Å². The summed E-state index contributed by atoms with van der Waals surface area (Å²) in [6.07, 6.45) is 1.74. The standard InChI is InChI=1S/C29H31ClN4O/c1-21-6-8-22(9-7-21)18-31-29(35)24-14-16-33(17-15-24)20-28-32-26-4-2-3-5-27(26)34(28)19-23-10-12-25(30)13-11-23/h2-13,24H,14-20H2,1H3,(H,31,35). The number of nitrogens with one attached hydrogen (secondary N) is 1. The number of halogens is 1. The van der Waals surface area contributed by atoms with Gasteiger partial charge in [-0.2, -0.15) is 0 Å². The van der Waals surface area contributed by atoms with Crippen LogP contribution < -0.4 is 5.32 Å². The Bertz CT molecular complexity index is 1290. The number of carbonyl (C=O) groups excluding carboxylic acids is 1. The summed E-state index contributed by atoms with van der Waals surface area (Å²) in [5.74, 6) is 1.30. The average Bonchev–Trinajstić information content (AvgIpc) is 3.22. The Hall–Kier alpha value is -3.15. The lowest BCUT2D eigenvalue weighted by atomic mass is 9.96. The van der Waals surface area contributed by atoms with Crippen LogP contribution in [0.4, 0.5) is 0 Å². The van der Waals surface area contributed by atoms with Gasteiger partial charge < -0.3 is 9.88 Å². The number of likely N-dealkylation sites (tertiary alicyclic amines) is 1. The summed E-state index contributed by atoms with van der Waals surface area (Å²) < 4.78 is 2.30. The van der Waals surface area contributed by atoms with Crippen molar-refractivity contribution in [1.82, 2.24) is 19.8 Å². The zero-order chi connectivity index (χ0) is 24.2. The van der Waals surface area contributed by atoms with Gasteiger partial charge in [-0.3, -0.25) is 9.69 Å². The highest BCUT2D eigenvalue weighted by Crippen LogP contribution is 2.23. The number of benzene rings is 3. The van der Waals surface area contributed by atoms with Crippen molar-refractivity contribution < 1.29 is 4.79 Å². The van der Waals surface area contributed by atoms with Crippen LogP contribution in [-0.2, 0) is 24.4 Å². The molecule has 35 heavy (non-hydrogen) atoms. The van der Waals surface area contributed by atoms with Crippen LogP contribution in [0.25, 0.3) is 11.0 Å². The first kappa shape index (κ1) is 23.6. The molecule has 0 atom stereocenters. The van der Waals surface area contributed by atoms with Crippen LogP contribution in [0.1, 0.15) is 35.4 Å². The molecule has 6 heteroatoms. The summed E-state index contributed by atoms with van der Waals surface area (Å²) >= 11 is 6.08. The predicted octanol–water partition coefficient (Wildman–Crippen LogP) is 5.57. The number of amides is 1. The lowest BCUT2D eigenvalue weighted by Crippen LogP contribution is -2.40. The first-order chi connectivity index (χ1) is 17.0. The Morgan fingerprint density at radius 3 is 2.37 bits per heavy atom. The van der Waals surface area contributed by atoms with Crippen LogP contribution >= 0.6 is 11.6 Å². The number of rotatable bonds is 7. The Morgan fingerprint density at radius 2 is 1.63 bits per heavy atom. The normalized spacial score (nSPS) is 14.9. The number of carbonyl (C=O) groups is 1. The fourth-order valence-corrected chi connectivity index (χ4v) is 4.91. The minimum absolute atomic E-state index is 0.0737.